The lowest BCUT2D eigenvalue weighted by Crippen LogP contribution is -2.41. The van der Waals surface area contributed by atoms with Crippen LogP contribution in [0.25, 0.3) is 0 Å². The number of halogens is 2. The van der Waals surface area contributed by atoms with E-state index in [0.717, 1.165) is 0 Å². The van der Waals surface area contributed by atoms with E-state index < -0.39 is 23.7 Å². The number of carbonyl (C=O) groups excluding carboxylic acids is 2. The number of fused-ring (bicyclic) bond motifs is 1. The summed E-state index contributed by atoms with van der Waals surface area (Å²) in [6.45, 7) is 0.134. The molecule has 1 aliphatic heterocycles. The van der Waals surface area contributed by atoms with Gasteiger partial charge < -0.3 is 19.5 Å². The van der Waals surface area contributed by atoms with Crippen molar-refractivity contribution in [1.82, 2.24) is 0 Å². The first-order chi connectivity index (χ1) is 15.8. The fourth-order valence-corrected chi connectivity index (χ4v) is 4.37. The van der Waals surface area contributed by atoms with Gasteiger partial charge in [-0.15, -0.1) is 0 Å². The van der Waals surface area contributed by atoms with Crippen LogP contribution in [-0.2, 0) is 16.9 Å². The first-order valence-electron chi connectivity index (χ1n) is 10.1. The Kier molecular flexibility index (Phi) is 6.34. The highest BCUT2D eigenvalue weighted by Gasteiger charge is 2.51. The molecular weight excluding hydrogens is 465 g/mol. The monoisotopic (exact) mass is 485 g/mol. The van der Waals surface area contributed by atoms with Gasteiger partial charge in [0.1, 0.15) is 11.5 Å². The van der Waals surface area contributed by atoms with Gasteiger partial charge in [-0.05, 0) is 42.0 Å². The smallest absolute Gasteiger partial charge is 0.264 e. The zero-order valence-corrected chi connectivity index (χ0v) is 19.5. The number of anilines is 1. The standard InChI is InChI=1S/C25H21Cl2NO5/c1-32-17-8-9-18(23(12-17)33-2)22(29)13-25(31)19-11-16(26)7-10-21(19)28(24(25)30)14-15-5-3-4-6-20(15)27/h3-12,31H,13-14H2,1-2H3/t25-/m0/s1. The van der Waals surface area contributed by atoms with E-state index in [1.165, 1.54) is 25.2 Å². The minimum absolute atomic E-state index is 0.134. The molecule has 0 aliphatic carbocycles. The highest BCUT2D eigenvalue weighted by atomic mass is 35.5. The SMILES string of the molecule is COc1ccc(C(=O)C[C@@]2(O)C(=O)N(Cc3ccccc3Cl)c3ccc(Cl)cc32)c(OC)c1. The van der Waals surface area contributed by atoms with E-state index in [0.29, 0.717) is 27.0 Å². The highest BCUT2D eigenvalue weighted by Crippen LogP contribution is 2.45. The van der Waals surface area contributed by atoms with E-state index in [1.807, 2.05) is 6.07 Å². The third-order valence-electron chi connectivity index (χ3n) is 5.71. The van der Waals surface area contributed by atoms with Crippen LogP contribution in [0.3, 0.4) is 0 Å². The Labute approximate surface area is 201 Å². The predicted molar refractivity (Wildman–Crippen MR) is 126 cm³/mol. The third kappa shape index (κ3) is 4.17. The maximum absolute atomic E-state index is 13.5. The van der Waals surface area contributed by atoms with E-state index in [4.69, 9.17) is 32.7 Å². The number of ether oxygens (including phenoxy) is 2. The summed E-state index contributed by atoms with van der Waals surface area (Å²) in [5, 5.41) is 12.4. The summed E-state index contributed by atoms with van der Waals surface area (Å²) in [6.07, 6.45) is -0.485. The fourth-order valence-electron chi connectivity index (χ4n) is 4.00. The molecular formula is C25H21Cl2NO5. The second-order valence-corrected chi connectivity index (χ2v) is 8.51. The summed E-state index contributed by atoms with van der Waals surface area (Å²) >= 11 is 12.5. The topological polar surface area (TPSA) is 76.1 Å². The number of amides is 1. The summed E-state index contributed by atoms with van der Waals surface area (Å²) in [5.74, 6) is -0.286. The minimum Gasteiger partial charge on any atom is -0.497 e. The third-order valence-corrected chi connectivity index (χ3v) is 6.31. The van der Waals surface area contributed by atoms with Crippen molar-refractivity contribution >= 4 is 40.6 Å². The van der Waals surface area contributed by atoms with Gasteiger partial charge in [0.2, 0.25) is 0 Å². The zero-order valence-electron chi connectivity index (χ0n) is 18.0. The molecule has 1 heterocycles. The minimum atomic E-state index is -2.09. The molecule has 0 saturated heterocycles. The van der Waals surface area contributed by atoms with Crippen LogP contribution in [0, 0.1) is 0 Å². The van der Waals surface area contributed by atoms with Crippen molar-refractivity contribution in [2.75, 3.05) is 19.1 Å². The van der Waals surface area contributed by atoms with Gasteiger partial charge in [0.25, 0.3) is 5.91 Å². The molecule has 3 aromatic rings. The molecule has 1 aliphatic rings. The Morgan fingerprint density at radius 1 is 1.03 bits per heavy atom. The number of Topliss-reactive ketones (excluding diaryl/α,β-unsaturated/α-hetero) is 1. The molecule has 0 unspecified atom stereocenters. The van der Waals surface area contributed by atoms with E-state index >= 15 is 0 Å². The van der Waals surface area contributed by atoms with Crippen molar-refractivity contribution in [2.24, 2.45) is 0 Å². The lowest BCUT2D eigenvalue weighted by atomic mass is 9.88. The van der Waals surface area contributed by atoms with Gasteiger partial charge in [-0.2, -0.15) is 0 Å². The van der Waals surface area contributed by atoms with Gasteiger partial charge in [-0.25, -0.2) is 0 Å². The number of carbonyl (C=O) groups is 2. The van der Waals surface area contributed by atoms with Crippen LogP contribution < -0.4 is 14.4 Å². The van der Waals surface area contributed by atoms with Gasteiger partial charge in [-0.1, -0.05) is 41.4 Å². The van der Waals surface area contributed by atoms with Crippen LogP contribution >= 0.6 is 23.2 Å². The number of rotatable bonds is 7. The van der Waals surface area contributed by atoms with Crippen LogP contribution in [0.1, 0.15) is 27.9 Å². The van der Waals surface area contributed by atoms with E-state index in [1.54, 1.807) is 48.5 Å². The molecule has 8 heteroatoms. The van der Waals surface area contributed by atoms with Crippen molar-refractivity contribution in [1.29, 1.82) is 0 Å². The molecule has 1 amide bonds. The van der Waals surface area contributed by atoms with Crippen LogP contribution in [0.5, 0.6) is 11.5 Å². The first-order valence-corrected chi connectivity index (χ1v) is 10.9. The summed E-state index contributed by atoms with van der Waals surface area (Å²) in [4.78, 5) is 28.2. The molecule has 0 aromatic heterocycles. The Balaban J connectivity index is 1.72. The van der Waals surface area contributed by atoms with Crippen LogP contribution in [0.15, 0.2) is 60.7 Å². The lowest BCUT2D eigenvalue weighted by molar-refractivity contribution is -0.136. The van der Waals surface area contributed by atoms with Crippen molar-refractivity contribution in [3.63, 3.8) is 0 Å². The van der Waals surface area contributed by atoms with E-state index in [2.05, 4.69) is 0 Å². The number of benzene rings is 3. The van der Waals surface area contributed by atoms with Crippen LogP contribution in [0.2, 0.25) is 10.0 Å². The predicted octanol–water partition coefficient (Wildman–Crippen LogP) is 5.02. The summed E-state index contributed by atoms with van der Waals surface area (Å²) in [6, 6.07) is 16.7. The number of nitrogens with zero attached hydrogens (tertiary/aromatic N) is 1. The normalized spacial score (nSPS) is 17.1. The maximum atomic E-state index is 13.5. The molecule has 33 heavy (non-hydrogen) atoms. The van der Waals surface area contributed by atoms with Gasteiger partial charge in [-0.3, -0.25) is 9.59 Å². The van der Waals surface area contributed by atoms with Crippen molar-refractivity contribution in [3.8, 4) is 11.5 Å². The van der Waals surface area contributed by atoms with Gasteiger partial charge >= 0.3 is 0 Å². The summed E-state index contributed by atoms with van der Waals surface area (Å²) in [7, 11) is 2.94. The molecule has 6 nitrogen and oxygen atoms in total. The van der Waals surface area contributed by atoms with E-state index in [-0.39, 0.29) is 23.4 Å². The maximum Gasteiger partial charge on any atom is 0.264 e. The second kappa shape index (κ2) is 9.06. The van der Waals surface area contributed by atoms with Crippen LogP contribution in [-0.4, -0.2) is 31.0 Å². The van der Waals surface area contributed by atoms with E-state index in [9.17, 15) is 14.7 Å². The molecule has 170 valence electrons. The molecule has 0 radical (unpaired) electrons. The number of hydrogen-bond acceptors (Lipinski definition) is 5. The largest absolute Gasteiger partial charge is 0.497 e. The molecule has 1 atom stereocenters. The van der Waals surface area contributed by atoms with Gasteiger partial charge in [0.05, 0.1) is 38.4 Å². The highest BCUT2D eigenvalue weighted by molar-refractivity contribution is 6.31. The zero-order chi connectivity index (χ0) is 23.8. The first kappa shape index (κ1) is 23.1. The summed E-state index contributed by atoms with van der Waals surface area (Å²) in [5.41, 5.74) is -0.411. The average molecular weight is 486 g/mol. The Hall–Kier alpha value is -3.06. The van der Waals surface area contributed by atoms with Gasteiger partial charge in [0.15, 0.2) is 11.4 Å². The number of ketones is 1. The number of methoxy groups -OCH3 is 2. The molecule has 0 saturated carbocycles. The lowest BCUT2D eigenvalue weighted by Gasteiger charge is -2.23. The number of aliphatic hydroxyl groups is 1. The molecule has 0 fully saturated rings. The van der Waals surface area contributed by atoms with Crippen molar-refractivity contribution < 1.29 is 24.2 Å². The Bertz CT molecular complexity index is 1250. The molecule has 0 spiro atoms. The Morgan fingerprint density at radius 2 is 1.79 bits per heavy atom. The average Bonchev–Trinajstić information content (AvgIpc) is 3.01. The molecule has 1 N–H and O–H groups in total. The second-order valence-electron chi connectivity index (χ2n) is 7.67. The number of hydrogen-bond donors (Lipinski definition) is 1. The summed E-state index contributed by atoms with van der Waals surface area (Å²) < 4.78 is 10.5. The quantitative estimate of drug-likeness (QED) is 0.475. The fraction of sp³-hybridized carbons (Fsp3) is 0.200. The van der Waals surface area contributed by atoms with Crippen LogP contribution in [0.4, 0.5) is 5.69 Å². The van der Waals surface area contributed by atoms with Crippen molar-refractivity contribution in [3.05, 3.63) is 87.4 Å². The molecule has 4 rings (SSSR count). The Morgan fingerprint density at radius 3 is 2.48 bits per heavy atom. The van der Waals surface area contributed by atoms with Crippen molar-refractivity contribution in [2.45, 2.75) is 18.6 Å². The van der Waals surface area contributed by atoms with Gasteiger partial charge in [0, 0.05) is 21.7 Å². The molecule has 3 aromatic carbocycles. The molecule has 0 bridgehead atoms.